The van der Waals surface area contributed by atoms with Crippen LogP contribution >= 0.6 is 0 Å². The Morgan fingerprint density at radius 3 is 2.52 bits per heavy atom. The van der Waals surface area contributed by atoms with E-state index in [2.05, 4.69) is 25.8 Å². The number of hydrogen-bond donors (Lipinski definition) is 4. The minimum atomic E-state index is -0.537. The van der Waals surface area contributed by atoms with Crippen molar-refractivity contribution in [3.63, 3.8) is 0 Å². The van der Waals surface area contributed by atoms with E-state index in [0.717, 1.165) is 5.56 Å². The number of benzene rings is 2. The first-order valence-corrected chi connectivity index (χ1v) is 9.37. The van der Waals surface area contributed by atoms with E-state index in [1.54, 1.807) is 30.7 Å². The highest BCUT2D eigenvalue weighted by Crippen LogP contribution is 2.16. The summed E-state index contributed by atoms with van der Waals surface area (Å²) in [6, 6.07) is 11.6. The highest BCUT2D eigenvalue weighted by molar-refractivity contribution is 6.04. The number of nitrogens with zero attached hydrogens (tertiary/aromatic N) is 2. The highest BCUT2D eigenvalue weighted by Gasteiger charge is 2.12. The smallest absolute Gasteiger partial charge is 0.272 e. The molecule has 10 nitrogen and oxygen atoms in total. The minimum absolute atomic E-state index is 0.0689. The van der Waals surface area contributed by atoms with Gasteiger partial charge in [0, 0.05) is 24.5 Å². The molecule has 156 valence electrons. The topological polar surface area (TPSA) is 142 Å². The van der Waals surface area contributed by atoms with Gasteiger partial charge in [0.25, 0.3) is 17.0 Å². The van der Waals surface area contributed by atoms with Gasteiger partial charge in [0.2, 0.25) is 5.91 Å². The van der Waals surface area contributed by atoms with Gasteiger partial charge in [-0.1, -0.05) is 18.2 Å². The van der Waals surface area contributed by atoms with Crippen molar-refractivity contribution in [3.05, 3.63) is 93.0 Å². The lowest BCUT2D eigenvalue weighted by Gasteiger charge is -2.09. The summed E-state index contributed by atoms with van der Waals surface area (Å²) in [5.41, 5.74) is 0.590. The molecule has 0 aliphatic heterocycles. The Labute approximate surface area is 174 Å². The molecule has 4 N–H and O–H groups in total. The normalized spacial score (nSPS) is 10.7. The summed E-state index contributed by atoms with van der Waals surface area (Å²) >= 11 is 0. The van der Waals surface area contributed by atoms with Crippen molar-refractivity contribution in [2.24, 2.45) is 0 Å². The third kappa shape index (κ3) is 4.42. The summed E-state index contributed by atoms with van der Waals surface area (Å²) in [7, 11) is 0. The molecule has 0 unspecified atom stereocenters. The summed E-state index contributed by atoms with van der Waals surface area (Å²) in [5, 5.41) is 9.78. The van der Waals surface area contributed by atoms with Crippen molar-refractivity contribution in [2.75, 3.05) is 11.9 Å². The fraction of sp³-hybridized carbons (Fsp3) is 0.0952. The molecule has 0 aliphatic carbocycles. The number of amides is 2. The summed E-state index contributed by atoms with van der Waals surface area (Å²) < 4.78 is 1.91. The molecule has 2 aromatic carbocycles. The Balaban J connectivity index is 1.38. The first kappa shape index (κ1) is 19.8. The van der Waals surface area contributed by atoms with E-state index in [1.165, 1.54) is 12.1 Å². The zero-order valence-electron chi connectivity index (χ0n) is 16.2. The van der Waals surface area contributed by atoms with Gasteiger partial charge < -0.3 is 15.2 Å². The maximum atomic E-state index is 12.3. The number of hydrogen-bond acceptors (Lipinski definition) is 5. The zero-order chi connectivity index (χ0) is 21.8. The molecule has 0 bridgehead atoms. The van der Waals surface area contributed by atoms with Gasteiger partial charge in [-0.05, 0) is 29.8 Å². The molecule has 0 atom stereocenters. The lowest BCUT2D eigenvalue weighted by molar-refractivity contribution is -0.115. The lowest BCUT2D eigenvalue weighted by atomic mass is 10.1. The fourth-order valence-electron chi connectivity index (χ4n) is 3.14. The third-order valence-corrected chi connectivity index (χ3v) is 4.65. The predicted molar refractivity (Wildman–Crippen MR) is 114 cm³/mol. The average Bonchev–Trinajstić information content (AvgIpc) is 3.28. The summed E-state index contributed by atoms with van der Waals surface area (Å²) in [4.78, 5) is 52.5. The first-order chi connectivity index (χ1) is 15.0. The maximum absolute atomic E-state index is 12.3. The number of H-pyrrole nitrogens is 2. The second-order valence-corrected chi connectivity index (χ2v) is 6.80. The molecule has 4 aromatic rings. The van der Waals surface area contributed by atoms with Crippen LogP contribution in [0.1, 0.15) is 15.9 Å². The fourth-order valence-corrected chi connectivity index (χ4v) is 3.14. The van der Waals surface area contributed by atoms with Gasteiger partial charge >= 0.3 is 0 Å². The van der Waals surface area contributed by atoms with Gasteiger partial charge in [-0.3, -0.25) is 29.4 Å². The molecule has 0 fully saturated rings. The number of nitrogens with one attached hydrogen (secondary N) is 4. The van der Waals surface area contributed by atoms with Crippen molar-refractivity contribution < 1.29 is 9.59 Å². The number of aromatic nitrogens is 4. The van der Waals surface area contributed by atoms with Crippen molar-refractivity contribution in [1.29, 1.82) is 0 Å². The van der Waals surface area contributed by atoms with Crippen molar-refractivity contribution in [2.45, 2.75) is 6.54 Å². The lowest BCUT2D eigenvalue weighted by Crippen LogP contribution is -2.33. The number of fused-ring (bicyclic) bond motifs is 1. The summed E-state index contributed by atoms with van der Waals surface area (Å²) in [5.74, 6) is -0.936. The van der Waals surface area contributed by atoms with Crippen molar-refractivity contribution in [3.8, 4) is 0 Å². The van der Waals surface area contributed by atoms with E-state index in [1.807, 2.05) is 22.9 Å². The van der Waals surface area contributed by atoms with E-state index in [4.69, 9.17) is 0 Å². The van der Waals surface area contributed by atoms with Gasteiger partial charge in [0.1, 0.15) is 0 Å². The van der Waals surface area contributed by atoms with Crippen LogP contribution in [-0.4, -0.2) is 38.1 Å². The monoisotopic (exact) mass is 418 g/mol. The molecule has 4 rings (SSSR count). The molecule has 2 amide bonds. The predicted octanol–water partition coefficient (Wildman–Crippen LogP) is 0.830. The molecule has 2 heterocycles. The van der Waals surface area contributed by atoms with Crippen molar-refractivity contribution >= 4 is 28.3 Å². The van der Waals surface area contributed by atoms with Gasteiger partial charge in [0.15, 0.2) is 0 Å². The van der Waals surface area contributed by atoms with Gasteiger partial charge in [-0.2, -0.15) is 0 Å². The highest BCUT2D eigenvalue weighted by atomic mass is 16.2. The molecule has 0 aliphatic rings. The number of aromatic amines is 2. The molecule has 10 heteroatoms. The quantitative estimate of drug-likeness (QED) is 0.367. The number of rotatable bonds is 6. The summed E-state index contributed by atoms with van der Waals surface area (Å²) in [6.07, 6.45) is 5.25. The van der Waals surface area contributed by atoms with Crippen LogP contribution in [0.3, 0.4) is 0 Å². The van der Waals surface area contributed by atoms with E-state index in [9.17, 15) is 19.2 Å². The van der Waals surface area contributed by atoms with Crippen LogP contribution in [0, 0.1) is 0 Å². The average molecular weight is 418 g/mol. The summed E-state index contributed by atoms with van der Waals surface area (Å²) in [6.45, 7) is 0.338. The number of imidazole rings is 1. The molecular formula is C21H18N6O4. The van der Waals surface area contributed by atoms with E-state index < -0.39 is 22.9 Å². The maximum Gasteiger partial charge on any atom is 0.272 e. The second kappa shape index (κ2) is 8.49. The molecule has 0 spiro atoms. The van der Waals surface area contributed by atoms with Gasteiger partial charge in [-0.25, -0.2) is 4.98 Å². The number of carbonyl (C=O) groups excluding carboxylic acids is 2. The number of anilines is 1. The van der Waals surface area contributed by atoms with Crippen LogP contribution in [0.2, 0.25) is 0 Å². The van der Waals surface area contributed by atoms with Crippen LogP contribution in [-0.2, 0) is 11.3 Å². The molecular weight excluding hydrogens is 400 g/mol. The van der Waals surface area contributed by atoms with Crippen LogP contribution in [0.5, 0.6) is 0 Å². The molecule has 0 radical (unpaired) electrons. The first-order valence-electron chi connectivity index (χ1n) is 9.37. The SMILES string of the molecule is O=C(CNC(=O)c1ccc(Cn2ccnc2)cc1)Nc1cccc2c(=O)[nH][nH]c(=O)c12. The largest absolute Gasteiger partial charge is 0.343 e. The van der Waals surface area contributed by atoms with E-state index >= 15 is 0 Å². The standard InChI is InChI=1S/C21H18N6O4/c28-17(24-16-3-1-2-15-18(16)21(31)26-25-20(15)30)10-23-19(29)14-6-4-13(5-7-14)11-27-9-8-22-12-27/h1-9,12H,10-11H2,(H,23,29)(H,24,28)(H,25,30)(H,26,31). The van der Waals surface area contributed by atoms with E-state index in [0.29, 0.717) is 12.1 Å². The van der Waals surface area contributed by atoms with Crippen LogP contribution in [0.4, 0.5) is 5.69 Å². The minimum Gasteiger partial charge on any atom is -0.343 e. The van der Waals surface area contributed by atoms with E-state index in [-0.39, 0.29) is 23.0 Å². The Morgan fingerprint density at radius 1 is 1.00 bits per heavy atom. The Bertz CT molecular complexity index is 1350. The van der Waals surface area contributed by atoms with Crippen molar-refractivity contribution in [1.82, 2.24) is 25.1 Å². The molecule has 0 saturated heterocycles. The zero-order valence-corrected chi connectivity index (χ0v) is 16.2. The Kier molecular flexibility index (Phi) is 5.43. The van der Waals surface area contributed by atoms with Crippen LogP contribution < -0.4 is 21.8 Å². The van der Waals surface area contributed by atoms with Gasteiger partial charge in [0.05, 0.1) is 29.3 Å². The third-order valence-electron chi connectivity index (χ3n) is 4.65. The van der Waals surface area contributed by atoms with Gasteiger partial charge in [-0.15, -0.1) is 0 Å². The molecule has 2 aromatic heterocycles. The number of carbonyl (C=O) groups is 2. The molecule has 0 saturated carbocycles. The molecule has 31 heavy (non-hydrogen) atoms. The Hall–Kier alpha value is -4.47. The van der Waals surface area contributed by atoms with Crippen LogP contribution in [0.25, 0.3) is 10.8 Å². The second-order valence-electron chi connectivity index (χ2n) is 6.80. The van der Waals surface area contributed by atoms with Crippen LogP contribution in [0.15, 0.2) is 70.8 Å². The Morgan fingerprint density at radius 2 is 1.77 bits per heavy atom.